The number of nitrogens with one attached hydrogen (secondary N) is 1. The van der Waals surface area contributed by atoms with Gasteiger partial charge in [-0.1, -0.05) is 30.0 Å². The van der Waals surface area contributed by atoms with Crippen molar-refractivity contribution >= 4 is 23.4 Å². The number of thioether (sulfide) groups is 1. The molecule has 0 aliphatic rings. The summed E-state index contributed by atoms with van der Waals surface area (Å²) in [6.45, 7) is 5.88. The van der Waals surface area contributed by atoms with Gasteiger partial charge in [0.15, 0.2) is 5.16 Å². The van der Waals surface area contributed by atoms with Crippen LogP contribution in [0.5, 0.6) is 5.75 Å². The number of carbonyl (C=O) groups excluding carboxylic acids is 1. The number of hydrogen-bond donors (Lipinski definition) is 1. The molecular formula is C21H23N3O2S. The lowest BCUT2D eigenvalue weighted by Crippen LogP contribution is -2.23. The van der Waals surface area contributed by atoms with Gasteiger partial charge in [-0.25, -0.2) is 4.98 Å². The average molecular weight is 382 g/mol. The number of benzene rings is 2. The van der Waals surface area contributed by atoms with Crippen molar-refractivity contribution in [2.75, 3.05) is 12.4 Å². The summed E-state index contributed by atoms with van der Waals surface area (Å²) in [5.74, 6) is 0.760. The van der Waals surface area contributed by atoms with Crippen LogP contribution in [-0.4, -0.2) is 27.8 Å². The second-order valence-electron chi connectivity index (χ2n) is 6.29. The molecule has 1 heterocycles. The van der Waals surface area contributed by atoms with Gasteiger partial charge in [0.05, 0.1) is 12.4 Å². The van der Waals surface area contributed by atoms with Gasteiger partial charge in [-0.15, -0.1) is 0 Å². The first-order valence-electron chi connectivity index (χ1n) is 8.71. The first-order valence-corrected chi connectivity index (χ1v) is 9.59. The van der Waals surface area contributed by atoms with Crippen LogP contribution < -0.4 is 10.1 Å². The highest BCUT2D eigenvalue weighted by Gasteiger charge is 2.19. The van der Waals surface area contributed by atoms with Gasteiger partial charge in [0.1, 0.15) is 5.75 Å². The van der Waals surface area contributed by atoms with E-state index in [1.807, 2.05) is 74.0 Å². The summed E-state index contributed by atoms with van der Waals surface area (Å²) < 4.78 is 7.17. The summed E-state index contributed by atoms with van der Waals surface area (Å²) in [6, 6.07) is 13.7. The second kappa shape index (κ2) is 8.31. The number of nitrogens with zero attached hydrogens (tertiary/aromatic N) is 2. The summed E-state index contributed by atoms with van der Waals surface area (Å²) in [5, 5.41) is 3.53. The standard InChI is InChI=1S/C21H23N3O2S/c1-14-6-5-7-15(2)19(14)23-20(25)16(3)27-21-22-12-13-24(21)17-8-10-18(26-4)11-9-17/h5-13,16H,1-4H3,(H,23,25). The SMILES string of the molecule is COc1ccc(-n2ccnc2SC(C)C(=O)Nc2c(C)cccc2C)cc1. The molecule has 1 amide bonds. The third kappa shape index (κ3) is 4.34. The van der Waals surface area contributed by atoms with Crippen LogP contribution in [0.1, 0.15) is 18.1 Å². The number of aryl methyl sites for hydroxylation is 2. The van der Waals surface area contributed by atoms with Crippen molar-refractivity contribution in [2.45, 2.75) is 31.2 Å². The van der Waals surface area contributed by atoms with E-state index in [9.17, 15) is 4.79 Å². The van der Waals surface area contributed by atoms with Crippen LogP contribution in [0.15, 0.2) is 60.0 Å². The fourth-order valence-electron chi connectivity index (χ4n) is 2.76. The Morgan fingerprint density at radius 3 is 2.44 bits per heavy atom. The van der Waals surface area contributed by atoms with Crippen molar-refractivity contribution in [1.29, 1.82) is 0 Å². The Morgan fingerprint density at radius 2 is 1.81 bits per heavy atom. The summed E-state index contributed by atoms with van der Waals surface area (Å²) in [5.41, 5.74) is 3.96. The van der Waals surface area contributed by atoms with E-state index in [-0.39, 0.29) is 11.2 Å². The van der Waals surface area contributed by atoms with E-state index < -0.39 is 0 Å². The lowest BCUT2D eigenvalue weighted by Gasteiger charge is -2.16. The largest absolute Gasteiger partial charge is 0.497 e. The number of methoxy groups -OCH3 is 1. The van der Waals surface area contributed by atoms with Crippen molar-refractivity contribution in [3.63, 3.8) is 0 Å². The van der Waals surface area contributed by atoms with Gasteiger partial charge in [-0.3, -0.25) is 9.36 Å². The molecule has 0 fully saturated rings. The van der Waals surface area contributed by atoms with Gasteiger partial charge in [-0.2, -0.15) is 0 Å². The minimum atomic E-state index is -0.289. The van der Waals surface area contributed by atoms with E-state index >= 15 is 0 Å². The zero-order valence-electron chi connectivity index (χ0n) is 15.9. The predicted molar refractivity (Wildman–Crippen MR) is 110 cm³/mol. The van der Waals surface area contributed by atoms with Gasteiger partial charge in [0, 0.05) is 23.8 Å². The Morgan fingerprint density at radius 1 is 1.15 bits per heavy atom. The van der Waals surface area contributed by atoms with Gasteiger partial charge in [0.2, 0.25) is 5.91 Å². The molecule has 0 bridgehead atoms. The van der Waals surface area contributed by atoms with Gasteiger partial charge in [0.25, 0.3) is 0 Å². The highest BCUT2D eigenvalue weighted by molar-refractivity contribution is 8.00. The van der Waals surface area contributed by atoms with Crippen LogP contribution >= 0.6 is 11.8 Å². The number of anilines is 1. The zero-order valence-corrected chi connectivity index (χ0v) is 16.7. The average Bonchev–Trinajstić information content (AvgIpc) is 3.12. The molecule has 3 rings (SSSR count). The molecule has 0 aliphatic heterocycles. The lowest BCUT2D eigenvalue weighted by atomic mass is 10.1. The normalized spacial score (nSPS) is 11.9. The minimum Gasteiger partial charge on any atom is -0.497 e. The number of carbonyl (C=O) groups is 1. The van der Waals surface area contributed by atoms with Crippen molar-refractivity contribution in [3.8, 4) is 11.4 Å². The molecule has 0 spiro atoms. The van der Waals surface area contributed by atoms with Crippen LogP contribution in [0.2, 0.25) is 0 Å². The first-order chi connectivity index (χ1) is 13.0. The number of rotatable bonds is 6. The molecule has 27 heavy (non-hydrogen) atoms. The minimum absolute atomic E-state index is 0.0401. The van der Waals surface area contributed by atoms with E-state index in [0.29, 0.717) is 0 Å². The van der Waals surface area contributed by atoms with Crippen LogP contribution in [0.4, 0.5) is 5.69 Å². The van der Waals surface area contributed by atoms with Gasteiger partial charge >= 0.3 is 0 Å². The fourth-order valence-corrected chi connectivity index (χ4v) is 3.65. The Hall–Kier alpha value is -2.73. The van der Waals surface area contributed by atoms with E-state index in [1.54, 1.807) is 13.3 Å². The number of imidazole rings is 1. The van der Waals surface area contributed by atoms with E-state index in [0.717, 1.165) is 33.4 Å². The molecule has 6 heteroatoms. The molecule has 0 saturated heterocycles. The Balaban J connectivity index is 1.73. The molecule has 5 nitrogen and oxygen atoms in total. The topological polar surface area (TPSA) is 56.2 Å². The van der Waals surface area contributed by atoms with Crippen LogP contribution in [0, 0.1) is 13.8 Å². The smallest absolute Gasteiger partial charge is 0.237 e. The molecule has 3 aromatic rings. The highest BCUT2D eigenvalue weighted by atomic mass is 32.2. The Kier molecular flexibility index (Phi) is 5.86. The van der Waals surface area contributed by atoms with Gasteiger partial charge in [-0.05, 0) is 56.2 Å². The summed E-state index contributed by atoms with van der Waals surface area (Å²) in [4.78, 5) is 17.1. The van der Waals surface area contributed by atoms with E-state index in [1.165, 1.54) is 11.8 Å². The number of para-hydroxylation sites is 1. The second-order valence-corrected chi connectivity index (χ2v) is 7.60. The maximum Gasteiger partial charge on any atom is 0.237 e. The van der Waals surface area contributed by atoms with Crippen molar-refractivity contribution in [1.82, 2.24) is 9.55 Å². The summed E-state index contributed by atoms with van der Waals surface area (Å²) in [7, 11) is 1.64. The molecular weight excluding hydrogens is 358 g/mol. The van der Waals surface area contributed by atoms with Crippen molar-refractivity contribution in [3.05, 3.63) is 66.0 Å². The Bertz CT molecular complexity index is 915. The third-order valence-corrected chi connectivity index (χ3v) is 5.42. The molecule has 2 aromatic carbocycles. The molecule has 140 valence electrons. The van der Waals surface area contributed by atoms with E-state index in [4.69, 9.17) is 4.74 Å². The zero-order chi connectivity index (χ0) is 19.4. The maximum atomic E-state index is 12.7. The highest BCUT2D eigenvalue weighted by Crippen LogP contribution is 2.27. The van der Waals surface area contributed by atoms with Crippen LogP contribution in [-0.2, 0) is 4.79 Å². The number of hydrogen-bond acceptors (Lipinski definition) is 4. The lowest BCUT2D eigenvalue weighted by molar-refractivity contribution is -0.115. The number of amides is 1. The molecule has 1 atom stereocenters. The summed E-state index contributed by atoms with van der Waals surface area (Å²) in [6.07, 6.45) is 3.63. The summed E-state index contributed by atoms with van der Waals surface area (Å²) >= 11 is 1.43. The molecule has 0 radical (unpaired) electrons. The Labute approximate surface area is 163 Å². The van der Waals surface area contributed by atoms with Crippen molar-refractivity contribution in [2.24, 2.45) is 0 Å². The number of ether oxygens (including phenoxy) is 1. The van der Waals surface area contributed by atoms with Crippen molar-refractivity contribution < 1.29 is 9.53 Å². The number of aromatic nitrogens is 2. The van der Waals surface area contributed by atoms with Crippen LogP contribution in [0.3, 0.4) is 0 Å². The van der Waals surface area contributed by atoms with Crippen LogP contribution in [0.25, 0.3) is 5.69 Å². The van der Waals surface area contributed by atoms with E-state index in [2.05, 4.69) is 10.3 Å². The van der Waals surface area contributed by atoms with Gasteiger partial charge < -0.3 is 10.1 Å². The molecule has 1 unspecified atom stereocenters. The molecule has 0 aliphatic carbocycles. The monoisotopic (exact) mass is 381 g/mol. The molecule has 1 aromatic heterocycles. The molecule has 1 N–H and O–H groups in total. The molecule has 0 saturated carbocycles. The third-order valence-electron chi connectivity index (χ3n) is 4.34. The predicted octanol–water partition coefficient (Wildman–Crippen LogP) is 4.62. The first kappa shape index (κ1) is 19.0. The maximum absolute atomic E-state index is 12.7. The fraction of sp³-hybridized carbons (Fsp3) is 0.238. The quantitative estimate of drug-likeness (QED) is 0.633.